The van der Waals surface area contributed by atoms with E-state index in [1.54, 1.807) is 4.90 Å². The fourth-order valence-electron chi connectivity index (χ4n) is 3.20. The fraction of sp³-hybridized carbons (Fsp3) is 0.300. The molecule has 0 atom stereocenters. The number of sulfonamides is 1. The maximum absolute atomic E-state index is 13.3. The van der Waals surface area contributed by atoms with Gasteiger partial charge in [0.1, 0.15) is 0 Å². The number of piperazine rings is 1. The number of amides is 2. The Bertz CT molecular complexity index is 1070. The van der Waals surface area contributed by atoms with Crippen molar-refractivity contribution < 1.29 is 26.8 Å². The van der Waals surface area contributed by atoms with Crippen LogP contribution in [0.25, 0.3) is 0 Å². The molecular formula is C20H22F2N4O4S. The summed E-state index contributed by atoms with van der Waals surface area (Å²) in [5.41, 5.74) is 0.555. The second kappa shape index (κ2) is 9.50. The average Bonchev–Trinajstić information content (AvgIpc) is 2.74. The number of nitrogens with one attached hydrogen (secondary N) is 1. The Balaban J connectivity index is 1.44. The van der Waals surface area contributed by atoms with E-state index < -0.39 is 21.7 Å². The summed E-state index contributed by atoms with van der Waals surface area (Å²) >= 11 is 0. The van der Waals surface area contributed by atoms with E-state index in [9.17, 15) is 26.8 Å². The van der Waals surface area contributed by atoms with Crippen LogP contribution in [0.2, 0.25) is 0 Å². The average molecular weight is 452 g/mol. The molecule has 2 aromatic rings. The molecule has 3 N–H and O–H groups in total. The second-order valence-corrected chi connectivity index (χ2v) is 8.69. The van der Waals surface area contributed by atoms with Crippen LogP contribution in [-0.4, -0.2) is 62.8 Å². The van der Waals surface area contributed by atoms with Crippen LogP contribution in [0.4, 0.5) is 14.5 Å². The number of primary sulfonamides is 1. The molecule has 8 nitrogen and oxygen atoms in total. The van der Waals surface area contributed by atoms with Gasteiger partial charge in [0, 0.05) is 50.4 Å². The molecule has 3 rings (SSSR count). The van der Waals surface area contributed by atoms with E-state index in [1.165, 1.54) is 30.3 Å². The van der Waals surface area contributed by atoms with Crippen molar-refractivity contribution in [3.63, 3.8) is 0 Å². The largest absolute Gasteiger partial charge is 0.336 e. The van der Waals surface area contributed by atoms with Crippen LogP contribution in [0, 0.1) is 11.6 Å². The number of carbonyl (C=O) groups excluding carboxylic acids is 2. The van der Waals surface area contributed by atoms with Gasteiger partial charge in [-0.05, 0) is 42.5 Å². The quantitative estimate of drug-likeness (QED) is 0.688. The molecule has 0 radical (unpaired) electrons. The van der Waals surface area contributed by atoms with E-state index in [2.05, 4.69) is 5.32 Å². The predicted molar refractivity (Wildman–Crippen MR) is 110 cm³/mol. The number of halogens is 2. The van der Waals surface area contributed by atoms with Crippen molar-refractivity contribution in [2.45, 2.75) is 11.3 Å². The minimum atomic E-state index is -3.79. The third-order valence-corrected chi connectivity index (χ3v) is 5.88. The van der Waals surface area contributed by atoms with Gasteiger partial charge in [0.2, 0.25) is 15.9 Å². The lowest BCUT2D eigenvalue weighted by Gasteiger charge is -2.34. The smallest absolute Gasteiger partial charge is 0.254 e. The molecule has 166 valence electrons. The number of nitrogens with two attached hydrogens (primary N) is 1. The lowest BCUT2D eigenvalue weighted by Crippen LogP contribution is -2.49. The van der Waals surface area contributed by atoms with Crippen LogP contribution in [0.3, 0.4) is 0 Å². The zero-order chi connectivity index (χ0) is 22.6. The van der Waals surface area contributed by atoms with E-state index in [0.717, 1.165) is 12.1 Å². The number of benzene rings is 2. The fourth-order valence-corrected chi connectivity index (χ4v) is 3.71. The van der Waals surface area contributed by atoms with E-state index in [4.69, 9.17) is 5.14 Å². The molecule has 11 heteroatoms. The number of anilines is 1. The number of carbonyl (C=O) groups is 2. The molecule has 31 heavy (non-hydrogen) atoms. The van der Waals surface area contributed by atoms with Gasteiger partial charge in [0.05, 0.1) is 4.90 Å². The molecule has 2 amide bonds. The van der Waals surface area contributed by atoms with E-state index >= 15 is 0 Å². The lowest BCUT2D eigenvalue weighted by molar-refractivity contribution is -0.116. The van der Waals surface area contributed by atoms with Gasteiger partial charge in [-0.2, -0.15) is 0 Å². The minimum Gasteiger partial charge on any atom is -0.336 e. The highest BCUT2D eigenvalue weighted by Crippen LogP contribution is 2.15. The molecule has 0 aromatic heterocycles. The summed E-state index contributed by atoms with van der Waals surface area (Å²) in [5.74, 6) is -2.65. The summed E-state index contributed by atoms with van der Waals surface area (Å²) in [7, 11) is -3.79. The molecule has 0 unspecified atom stereocenters. The number of hydrogen-bond acceptors (Lipinski definition) is 5. The highest BCUT2D eigenvalue weighted by Gasteiger charge is 2.23. The standard InChI is InChI=1S/C20H22F2N4O4S/c21-17-6-1-14(13-18(17)22)20(28)26-11-9-25(10-12-26)8-7-19(27)24-15-2-4-16(5-3-15)31(23,29)30/h1-6,13H,7-12H2,(H,24,27)(H2,23,29,30). The third kappa shape index (κ3) is 6.06. The van der Waals surface area contributed by atoms with Crippen molar-refractivity contribution in [1.82, 2.24) is 9.80 Å². The van der Waals surface area contributed by atoms with Crippen LogP contribution in [0.5, 0.6) is 0 Å². The highest BCUT2D eigenvalue weighted by molar-refractivity contribution is 7.89. The molecule has 0 saturated carbocycles. The topological polar surface area (TPSA) is 113 Å². The second-order valence-electron chi connectivity index (χ2n) is 7.13. The summed E-state index contributed by atoms with van der Waals surface area (Å²) in [6.07, 6.45) is 0.216. The summed E-state index contributed by atoms with van der Waals surface area (Å²) in [5, 5.41) is 7.72. The maximum Gasteiger partial charge on any atom is 0.254 e. The molecule has 1 saturated heterocycles. The predicted octanol–water partition coefficient (Wildman–Crippen LogP) is 1.40. The Labute approximate surface area is 178 Å². The first kappa shape index (κ1) is 22.8. The molecule has 1 heterocycles. The SMILES string of the molecule is NS(=O)(=O)c1ccc(NC(=O)CCN2CCN(C(=O)c3ccc(F)c(F)c3)CC2)cc1. The van der Waals surface area contributed by atoms with Crippen molar-refractivity contribution in [1.29, 1.82) is 0 Å². The van der Waals surface area contributed by atoms with Crippen LogP contribution >= 0.6 is 0 Å². The molecule has 0 spiro atoms. The Morgan fingerprint density at radius 2 is 1.61 bits per heavy atom. The molecule has 0 bridgehead atoms. The molecule has 0 aliphatic carbocycles. The number of nitrogens with zero attached hydrogens (tertiary/aromatic N) is 2. The van der Waals surface area contributed by atoms with Crippen molar-refractivity contribution in [2.75, 3.05) is 38.0 Å². The summed E-state index contributed by atoms with van der Waals surface area (Å²) in [6, 6.07) is 8.62. The summed E-state index contributed by atoms with van der Waals surface area (Å²) in [6.45, 7) is 2.40. The lowest BCUT2D eigenvalue weighted by atomic mass is 10.1. The van der Waals surface area contributed by atoms with Gasteiger partial charge in [-0.25, -0.2) is 22.3 Å². The molecular weight excluding hydrogens is 430 g/mol. The van der Waals surface area contributed by atoms with Crippen LogP contribution < -0.4 is 10.5 Å². The van der Waals surface area contributed by atoms with Crippen molar-refractivity contribution >= 4 is 27.5 Å². The molecule has 1 aliphatic rings. The first-order chi connectivity index (χ1) is 14.6. The zero-order valence-corrected chi connectivity index (χ0v) is 17.4. The van der Waals surface area contributed by atoms with Crippen LogP contribution in [0.1, 0.15) is 16.8 Å². The molecule has 2 aromatic carbocycles. The van der Waals surface area contributed by atoms with Gasteiger partial charge in [-0.3, -0.25) is 14.5 Å². The van der Waals surface area contributed by atoms with Crippen molar-refractivity contribution in [3.05, 3.63) is 59.7 Å². The van der Waals surface area contributed by atoms with E-state index in [0.29, 0.717) is 38.4 Å². The van der Waals surface area contributed by atoms with Gasteiger partial charge in [0.15, 0.2) is 11.6 Å². The Morgan fingerprint density at radius 3 is 2.19 bits per heavy atom. The summed E-state index contributed by atoms with van der Waals surface area (Å²) in [4.78, 5) is 28.1. The normalized spacial score (nSPS) is 15.0. The highest BCUT2D eigenvalue weighted by atomic mass is 32.2. The van der Waals surface area contributed by atoms with E-state index in [1.807, 2.05) is 4.90 Å². The zero-order valence-electron chi connectivity index (χ0n) is 16.6. The minimum absolute atomic E-state index is 0.0405. The van der Waals surface area contributed by atoms with Crippen LogP contribution in [-0.2, 0) is 14.8 Å². The van der Waals surface area contributed by atoms with Gasteiger partial charge in [-0.1, -0.05) is 0 Å². The Kier molecular flexibility index (Phi) is 6.98. The first-order valence-corrected chi connectivity index (χ1v) is 11.1. The molecule has 1 aliphatic heterocycles. The molecule has 1 fully saturated rings. The number of hydrogen-bond donors (Lipinski definition) is 2. The maximum atomic E-state index is 13.3. The van der Waals surface area contributed by atoms with Gasteiger partial charge < -0.3 is 10.2 Å². The third-order valence-electron chi connectivity index (χ3n) is 4.95. The first-order valence-electron chi connectivity index (χ1n) is 9.53. The van der Waals surface area contributed by atoms with Gasteiger partial charge in [-0.15, -0.1) is 0 Å². The van der Waals surface area contributed by atoms with Gasteiger partial charge in [0.25, 0.3) is 5.91 Å². The van der Waals surface area contributed by atoms with Crippen LogP contribution in [0.15, 0.2) is 47.4 Å². The van der Waals surface area contributed by atoms with Crippen molar-refractivity contribution in [2.24, 2.45) is 5.14 Å². The van der Waals surface area contributed by atoms with Gasteiger partial charge >= 0.3 is 0 Å². The Hall–Kier alpha value is -2.89. The summed E-state index contributed by atoms with van der Waals surface area (Å²) < 4.78 is 48.9. The van der Waals surface area contributed by atoms with E-state index in [-0.39, 0.29) is 28.7 Å². The number of rotatable bonds is 6. The van der Waals surface area contributed by atoms with Crippen molar-refractivity contribution in [3.8, 4) is 0 Å². The monoisotopic (exact) mass is 452 g/mol. The Morgan fingerprint density at radius 1 is 0.968 bits per heavy atom.